The molecule has 0 atom stereocenters. The number of nitrogens with zero attached hydrogens (tertiary/aromatic N) is 3. The summed E-state index contributed by atoms with van der Waals surface area (Å²) < 4.78 is 13.1. The maximum atomic E-state index is 13.1. The quantitative estimate of drug-likeness (QED) is 0.919. The lowest BCUT2D eigenvalue weighted by molar-refractivity contribution is 0.102. The van der Waals surface area contributed by atoms with Crippen molar-refractivity contribution < 1.29 is 9.18 Å². The average molecular weight is 288 g/mol. The van der Waals surface area contributed by atoms with Crippen molar-refractivity contribution in [3.63, 3.8) is 0 Å². The van der Waals surface area contributed by atoms with Crippen molar-refractivity contribution in [2.45, 2.75) is 13.8 Å². The van der Waals surface area contributed by atoms with E-state index in [0.29, 0.717) is 5.69 Å². The monoisotopic (exact) mass is 288 g/mol. The largest absolute Gasteiger partial charge is 0.356 e. The van der Waals surface area contributed by atoms with Gasteiger partial charge in [0.25, 0.3) is 5.91 Å². The molecular formula is C15H17FN4O. The van der Waals surface area contributed by atoms with Crippen LogP contribution in [-0.4, -0.2) is 29.2 Å². The van der Waals surface area contributed by atoms with Gasteiger partial charge in [0.15, 0.2) is 11.5 Å². The van der Waals surface area contributed by atoms with Gasteiger partial charge in [-0.25, -0.2) is 4.39 Å². The Morgan fingerprint density at radius 1 is 1.19 bits per heavy atom. The molecule has 1 amide bonds. The second-order valence-electron chi connectivity index (χ2n) is 4.41. The van der Waals surface area contributed by atoms with Gasteiger partial charge in [0.1, 0.15) is 5.82 Å². The van der Waals surface area contributed by atoms with Crippen LogP contribution < -0.4 is 10.2 Å². The fraction of sp³-hybridized carbons (Fsp3) is 0.267. The second-order valence-corrected chi connectivity index (χ2v) is 4.41. The highest BCUT2D eigenvalue weighted by atomic mass is 19.1. The molecule has 0 bridgehead atoms. The molecule has 0 saturated carbocycles. The molecule has 2 rings (SSSR count). The van der Waals surface area contributed by atoms with Crippen molar-refractivity contribution in [3.05, 3.63) is 47.9 Å². The van der Waals surface area contributed by atoms with Gasteiger partial charge in [-0.1, -0.05) is 6.07 Å². The van der Waals surface area contributed by atoms with Crippen molar-refractivity contribution in [2.24, 2.45) is 0 Å². The van der Waals surface area contributed by atoms with E-state index in [-0.39, 0.29) is 5.69 Å². The molecule has 21 heavy (non-hydrogen) atoms. The zero-order valence-corrected chi connectivity index (χ0v) is 12.0. The Balaban J connectivity index is 2.09. The zero-order chi connectivity index (χ0) is 15.2. The molecule has 0 fully saturated rings. The third-order valence-corrected chi connectivity index (χ3v) is 3.05. The first kappa shape index (κ1) is 14.9. The van der Waals surface area contributed by atoms with Crippen LogP contribution >= 0.6 is 0 Å². The van der Waals surface area contributed by atoms with Gasteiger partial charge < -0.3 is 10.2 Å². The van der Waals surface area contributed by atoms with Crippen LogP contribution in [0.2, 0.25) is 0 Å². The first-order valence-corrected chi connectivity index (χ1v) is 6.79. The first-order valence-electron chi connectivity index (χ1n) is 6.79. The van der Waals surface area contributed by atoms with Crippen LogP contribution in [0.4, 0.5) is 15.9 Å². The number of hydrogen-bond acceptors (Lipinski definition) is 4. The lowest BCUT2D eigenvalue weighted by Crippen LogP contribution is -2.24. The van der Waals surface area contributed by atoms with E-state index >= 15 is 0 Å². The smallest absolute Gasteiger partial charge is 0.276 e. The molecule has 5 nitrogen and oxygen atoms in total. The van der Waals surface area contributed by atoms with E-state index in [1.165, 1.54) is 18.2 Å². The van der Waals surface area contributed by atoms with E-state index in [1.54, 1.807) is 18.2 Å². The van der Waals surface area contributed by atoms with Gasteiger partial charge in [-0.2, -0.15) is 0 Å². The maximum Gasteiger partial charge on any atom is 0.276 e. The van der Waals surface area contributed by atoms with Crippen LogP contribution in [0.25, 0.3) is 0 Å². The number of carbonyl (C=O) groups is 1. The summed E-state index contributed by atoms with van der Waals surface area (Å²) in [6.07, 6.45) is 0. The molecule has 110 valence electrons. The van der Waals surface area contributed by atoms with Crippen molar-refractivity contribution in [2.75, 3.05) is 23.3 Å². The Labute approximate surface area is 122 Å². The third kappa shape index (κ3) is 3.75. The summed E-state index contributed by atoms with van der Waals surface area (Å²) in [4.78, 5) is 14.0. The third-order valence-electron chi connectivity index (χ3n) is 3.05. The van der Waals surface area contributed by atoms with E-state index in [1.807, 2.05) is 18.7 Å². The summed E-state index contributed by atoms with van der Waals surface area (Å²) in [5.74, 6) is -0.0998. The zero-order valence-electron chi connectivity index (χ0n) is 12.0. The van der Waals surface area contributed by atoms with Gasteiger partial charge in [-0.05, 0) is 44.2 Å². The molecule has 6 heteroatoms. The molecule has 0 unspecified atom stereocenters. The van der Waals surface area contributed by atoms with Gasteiger partial charge in [-0.15, -0.1) is 10.2 Å². The number of amides is 1. The predicted molar refractivity (Wildman–Crippen MR) is 79.9 cm³/mol. The van der Waals surface area contributed by atoms with Crippen molar-refractivity contribution in [1.29, 1.82) is 0 Å². The Hall–Kier alpha value is -2.50. The summed E-state index contributed by atoms with van der Waals surface area (Å²) in [5.41, 5.74) is 0.574. The number of halogens is 1. The molecule has 0 aliphatic carbocycles. The molecule has 0 radical (unpaired) electrons. The average Bonchev–Trinajstić information content (AvgIpc) is 2.49. The molecule has 1 heterocycles. The molecule has 0 aliphatic heterocycles. The molecule has 0 spiro atoms. The fourth-order valence-electron chi connectivity index (χ4n) is 1.92. The topological polar surface area (TPSA) is 58.1 Å². The van der Waals surface area contributed by atoms with Crippen LogP contribution in [0.3, 0.4) is 0 Å². The number of hydrogen-bond donors (Lipinski definition) is 1. The molecule has 1 N–H and O–H groups in total. The van der Waals surface area contributed by atoms with Gasteiger partial charge in [-0.3, -0.25) is 4.79 Å². The van der Waals surface area contributed by atoms with Gasteiger partial charge in [0.2, 0.25) is 0 Å². The highest BCUT2D eigenvalue weighted by molar-refractivity contribution is 6.02. The number of rotatable bonds is 5. The van der Waals surface area contributed by atoms with E-state index < -0.39 is 11.7 Å². The van der Waals surface area contributed by atoms with E-state index in [9.17, 15) is 9.18 Å². The van der Waals surface area contributed by atoms with Gasteiger partial charge in [0, 0.05) is 18.8 Å². The van der Waals surface area contributed by atoms with Crippen LogP contribution in [0, 0.1) is 5.82 Å². The summed E-state index contributed by atoms with van der Waals surface area (Å²) in [6.45, 7) is 5.69. The van der Waals surface area contributed by atoms with Crippen molar-refractivity contribution in [3.8, 4) is 0 Å². The van der Waals surface area contributed by atoms with Crippen LogP contribution in [0.1, 0.15) is 24.3 Å². The predicted octanol–water partition coefficient (Wildman–Crippen LogP) is 2.71. The number of nitrogens with one attached hydrogen (secondary N) is 1. The second kappa shape index (κ2) is 6.78. The highest BCUT2D eigenvalue weighted by Gasteiger charge is 2.10. The maximum absolute atomic E-state index is 13.1. The SMILES string of the molecule is CCN(CC)c1ccc(C(=O)Nc2cccc(F)c2)nn1. The normalized spacial score (nSPS) is 10.2. The highest BCUT2D eigenvalue weighted by Crippen LogP contribution is 2.12. The van der Waals surface area contributed by atoms with E-state index in [0.717, 1.165) is 18.9 Å². The molecule has 1 aromatic heterocycles. The van der Waals surface area contributed by atoms with Crippen LogP contribution in [-0.2, 0) is 0 Å². The number of aromatic nitrogens is 2. The molecule has 2 aromatic rings. The van der Waals surface area contributed by atoms with E-state index in [4.69, 9.17) is 0 Å². The van der Waals surface area contributed by atoms with Gasteiger partial charge >= 0.3 is 0 Å². The molecular weight excluding hydrogens is 271 g/mol. The molecule has 0 aliphatic rings. The van der Waals surface area contributed by atoms with Crippen molar-refractivity contribution >= 4 is 17.4 Å². The first-order chi connectivity index (χ1) is 10.1. The summed E-state index contributed by atoms with van der Waals surface area (Å²) in [5, 5.41) is 10.5. The van der Waals surface area contributed by atoms with Crippen LogP contribution in [0.15, 0.2) is 36.4 Å². The summed E-state index contributed by atoms with van der Waals surface area (Å²) in [6, 6.07) is 9.05. The molecule has 0 saturated heterocycles. The number of carbonyl (C=O) groups excluding carboxylic acids is 1. The molecule has 1 aromatic carbocycles. The van der Waals surface area contributed by atoms with Crippen LogP contribution in [0.5, 0.6) is 0 Å². The lowest BCUT2D eigenvalue weighted by Gasteiger charge is -2.18. The number of anilines is 2. The van der Waals surface area contributed by atoms with Gasteiger partial charge in [0.05, 0.1) is 0 Å². The Kier molecular flexibility index (Phi) is 4.81. The Bertz CT molecular complexity index is 611. The van der Waals surface area contributed by atoms with Crippen molar-refractivity contribution in [1.82, 2.24) is 10.2 Å². The minimum Gasteiger partial charge on any atom is -0.356 e. The Morgan fingerprint density at radius 3 is 2.52 bits per heavy atom. The summed E-state index contributed by atoms with van der Waals surface area (Å²) >= 11 is 0. The minimum atomic E-state index is -0.417. The van der Waals surface area contributed by atoms with E-state index in [2.05, 4.69) is 15.5 Å². The Morgan fingerprint density at radius 2 is 1.95 bits per heavy atom. The fourth-order valence-corrected chi connectivity index (χ4v) is 1.92. The standard InChI is InChI=1S/C15H17FN4O/c1-3-20(4-2)14-9-8-13(18-19-14)15(21)17-12-7-5-6-11(16)10-12/h5-10H,3-4H2,1-2H3,(H,17,21). The minimum absolute atomic E-state index is 0.190. The lowest BCUT2D eigenvalue weighted by atomic mass is 10.3. The number of benzene rings is 1. The summed E-state index contributed by atoms with van der Waals surface area (Å²) in [7, 11) is 0.